The molecule has 4 heteroatoms. The number of hydrogen-bond acceptors (Lipinski definition) is 3. The highest BCUT2D eigenvalue weighted by molar-refractivity contribution is 7.84. The predicted octanol–water partition coefficient (Wildman–Crippen LogP) is 1.50. The largest absolute Gasteiger partial charge is 0.494 e. The standard InChI is InChI=1S/C12H18O3S/c1-11-4-2-5-12(10-11)15-7-3-8-16(14)9-6-13/h2,4-5,10,13H,3,6-9H2,1H3. The Labute approximate surface area is 98.9 Å². The lowest BCUT2D eigenvalue weighted by atomic mass is 10.2. The third-order valence-electron chi connectivity index (χ3n) is 2.09. The summed E-state index contributed by atoms with van der Waals surface area (Å²) in [5.74, 6) is 1.81. The molecule has 0 aromatic heterocycles. The monoisotopic (exact) mass is 242 g/mol. The molecule has 0 fully saturated rings. The summed E-state index contributed by atoms with van der Waals surface area (Å²) >= 11 is 0. The second-order valence-corrected chi connectivity index (χ2v) is 5.29. The minimum absolute atomic E-state index is 0.00858. The Balaban J connectivity index is 2.18. The van der Waals surface area contributed by atoms with E-state index >= 15 is 0 Å². The van der Waals surface area contributed by atoms with E-state index in [0.29, 0.717) is 18.1 Å². The Hall–Kier alpha value is -0.870. The highest BCUT2D eigenvalue weighted by Gasteiger charge is 1.99. The van der Waals surface area contributed by atoms with Gasteiger partial charge in [-0.2, -0.15) is 0 Å². The number of hydrogen-bond donors (Lipinski definition) is 1. The van der Waals surface area contributed by atoms with Crippen molar-refractivity contribution >= 4 is 10.8 Å². The van der Waals surface area contributed by atoms with E-state index < -0.39 is 10.8 Å². The van der Waals surface area contributed by atoms with Crippen molar-refractivity contribution in [3.8, 4) is 5.75 Å². The van der Waals surface area contributed by atoms with E-state index in [4.69, 9.17) is 9.84 Å². The van der Waals surface area contributed by atoms with E-state index in [1.807, 2.05) is 31.2 Å². The molecule has 1 unspecified atom stereocenters. The highest BCUT2D eigenvalue weighted by Crippen LogP contribution is 2.12. The molecule has 0 aliphatic rings. The first-order valence-corrected chi connectivity index (χ1v) is 6.86. The Bertz CT molecular complexity index is 339. The molecule has 0 spiro atoms. The van der Waals surface area contributed by atoms with Gasteiger partial charge < -0.3 is 9.84 Å². The summed E-state index contributed by atoms with van der Waals surface area (Å²) in [6.07, 6.45) is 0.751. The van der Waals surface area contributed by atoms with Crippen LogP contribution in [0, 0.1) is 6.92 Å². The van der Waals surface area contributed by atoms with Crippen molar-refractivity contribution < 1.29 is 14.1 Å². The zero-order valence-corrected chi connectivity index (χ0v) is 10.3. The summed E-state index contributed by atoms with van der Waals surface area (Å²) in [6, 6.07) is 7.86. The lowest BCUT2D eigenvalue weighted by molar-refractivity contribution is 0.315. The van der Waals surface area contributed by atoms with Crippen molar-refractivity contribution in [3.63, 3.8) is 0 Å². The molecule has 0 amide bonds. The summed E-state index contributed by atoms with van der Waals surface area (Å²) in [5, 5.41) is 8.58. The highest BCUT2D eigenvalue weighted by atomic mass is 32.2. The van der Waals surface area contributed by atoms with Crippen LogP contribution in [0.2, 0.25) is 0 Å². The average molecular weight is 242 g/mol. The smallest absolute Gasteiger partial charge is 0.119 e. The molecule has 1 atom stereocenters. The third kappa shape index (κ3) is 5.28. The van der Waals surface area contributed by atoms with Gasteiger partial charge in [0.05, 0.1) is 13.2 Å². The number of aryl methyl sites for hydroxylation is 1. The molecular formula is C12H18O3S. The fourth-order valence-electron chi connectivity index (χ4n) is 1.32. The molecule has 1 rings (SSSR count). The van der Waals surface area contributed by atoms with Gasteiger partial charge in [0.25, 0.3) is 0 Å². The van der Waals surface area contributed by atoms with Gasteiger partial charge in [0.2, 0.25) is 0 Å². The summed E-state index contributed by atoms with van der Waals surface area (Å²) in [7, 11) is -0.912. The number of ether oxygens (including phenoxy) is 1. The minimum atomic E-state index is -0.912. The Kier molecular flexibility index (Phi) is 6.11. The molecule has 0 saturated heterocycles. The number of rotatable bonds is 7. The van der Waals surface area contributed by atoms with E-state index in [-0.39, 0.29) is 6.61 Å². The molecule has 0 radical (unpaired) electrons. The molecule has 1 N–H and O–H groups in total. The normalized spacial score (nSPS) is 12.4. The van der Waals surface area contributed by atoms with Gasteiger partial charge in [-0.3, -0.25) is 4.21 Å². The van der Waals surface area contributed by atoms with Crippen LogP contribution in [0.25, 0.3) is 0 Å². The second-order valence-electron chi connectivity index (χ2n) is 3.59. The summed E-state index contributed by atoms with van der Waals surface area (Å²) in [4.78, 5) is 0. The number of benzene rings is 1. The SMILES string of the molecule is Cc1cccc(OCCCS(=O)CCO)c1. The van der Waals surface area contributed by atoms with Crippen molar-refractivity contribution in [2.24, 2.45) is 0 Å². The fourth-order valence-corrected chi connectivity index (χ4v) is 2.17. The maximum absolute atomic E-state index is 11.2. The fraction of sp³-hybridized carbons (Fsp3) is 0.500. The molecule has 1 aromatic rings. The van der Waals surface area contributed by atoms with Crippen LogP contribution in [0.5, 0.6) is 5.75 Å². The quantitative estimate of drug-likeness (QED) is 0.737. The van der Waals surface area contributed by atoms with Crippen LogP contribution < -0.4 is 4.74 Å². The Morgan fingerprint density at radius 1 is 1.38 bits per heavy atom. The molecule has 0 saturated carbocycles. The van der Waals surface area contributed by atoms with Crippen molar-refractivity contribution in [3.05, 3.63) is 29.8 Å². The third-order valence-corrected chi connectivity index (χ3v) is 3.48. The topological polar surface area (TPSA) is 46.5 Å². The van der Waals surface area contributed by atoms with Gasteiger partial charge in [-0.1, -0.05) is 12.1 Å². The summed E-state index contributed by atoms with van der Waals surface area (Å²) in [6.45, 7) is 2.58. The van der Waals surface area contributed by atoms with Crippen LogP contribution in [-0.4, -0.2) is 34.0 Å². The van der Waals surface area contributed by atoms with E-state index in [1.54, 1.807) is 0 Å². The van der Waals surface area contributed by atoms with Gasteiger partial charge in [-0.05, 0) is 31.0 Å². The van der Waals surface area contributed by atoms with Crippen LogP contribution in [0.1, 0.15) is 12.0 Å². The summed E-state index contributed by atoms with van der Waals surface area (Å²) in [5.41, 5.74) is 1.17. The predicted molar refractivity (Wildman–Crippen MR) is 66.3 cm³/mol. The van der Waals surface area contributed by atoms with Gasteiger partial charge in [-0.15, -0.1) is 0 Å². The first-order chi connectivity index (χ1) is 7.72. The van der Waals surface area contributed by atoms with E-state index in [2.05, 4.69) is 0 Å². The Morgan fingerprint density at radius 2 is 2.19 bits per heavy atom. The first kappa shape index (κ1) is 13.2. The molecular weight excluding hydrogens is 224 g/mol. The van der Waals surface area contributed by atoms with Crippen molar-refractivity contribution in [1.29, 1.82) is 0 Å². The maximum atomic E-state index is 11.2. The molecule has 0 bridgehead atoms. The van der Waals surface area contributed by atoms with Crippen molar-refractivity contribution in [1.82, 2.24) is 0 Å². The van der Waals surface area contributed by atoms with Gasteiger partial charge in [0.1, 0.15) is 5.75 Å². The zero-order valence-electron chi connectivity index (χ0n) is 9.52. The molecule has 3 nitrogen and oxygen atoms in total. The van der Waals surface area contributed by atoms with Crippen LogP contribution in [0.15, 0.2) is 24.3 Å². The molecule has 0 heterocycles. The average Bonchev–Trinajstić information content (AvgIpc) is 2.25. The number of aliphatic hydroxyl groups is 1. The van der Waals surface area contributed by atoms with Crippen LogP contribution >= 0.6 is 0 Å². The van der Waals surface area contributed by atoms with Crippen LogP contribution in [0.4, 0.5) is 0 Å². The van der Waals surface area contributed by atoms with Gasteiger partial charge in [0.15, 0.2) is 0 Å². The lowest BCUT2D eigenvalue weighted by Gasteiger charge is -2.06. The van der Waals surface area contributed by atoms with Crippen molar-refractivity contribution in [2.75, 3.05) is 24.7 Å². The van der Waals surface area contributed by atoms with Gasteiger partial charge >= 0.3 is 0 Å². The molecule has 1 aromatic carbocycles. The first-order valence-electron chi connectivity index (χ1n) is 5.37. The molecule has 16 heavy (non-hydrogen) atoms. The maximum Gasteiger partial charge on any atom is 0.119 e. The van der Waals surface area contributed by atoms with E-state index in [0.717, 1.165) is 12.2 Å². The second kappa shape index (κ2) is 7.41. The lowest BCUT2D eigenvalue weighted by Crippen LogP contribution is -2.09. The van der Waals surface area contributed by atoms with Crippen LogP contribution in [0.3, 0.4) is 0 Å². The van der Waals surface area contributed by atoms with Gasteiger partial charge in [0, 0.05) is 22.3 Å². The Morgan fingerprint density at radius 3 is 2.88 bits per heavy atom. The van der Waals surface area contributed by atoms with E-state index in [9.17, 15) is 4.21 Å². The van der Waals surface area contributed by atoms with Crippen LogP contribution in [-0.2, 0) is 10.8 Å². The zero-order chi connectivity index (χ0) is 11.8. The minimum Gasteiger partial charge on any atom is -0.494 e. The number of aliphatic hydroxyl groups excluding tert-OH is 1. The molecule has 0 aliphatic heterocycles. The molecule has 90 valence electrons. The van der Waals surface area contributed by atoms with E-state index in [1.165, 1.54) is 5.56 Å². The van der Waals surface area contributed by atoms with Gasteiger partial charge in [-0.25, -0.2) is 0 Å². The van der Waals surface area contributed by atoms with Crippen molar-refractivity contribution in [2.45, 2.75) is 13.3 Å². The molecule has 0 aliphatic carbocycles. The summed E-state index contributed by atoms with van der Waals surface area (Å²) < 4.78 is 16.7.